The molecule has 0 bridgehead atoms. The lowest BCUT2D eigenvalue weighted by molar-refractivity contribution is -0.136. The fourth-order valence-electron chi connectivity index (χ4n) is 0.970. The lowest BCUT2D eigenvalue weighted by Gasteiger charge is -2.04. The van der Waals surface area contributed by atoms with Crippen molar-refractivity contribution in [1.82, 2.24) is 0 Å². The smallest absolute Gasteiger partial charge is 0.352 e. The Morgan fingerprint density at radius 2 is 2.20 bits per heavy atom. The fraction of sp³-hybridized carbons (Fsp3) is 0.222. The molecule has 15 heavy (non-hydrogen) atoms. The van der Waals surface area contributed by atoms with Crippen molar-refractivity contribution in [2.75, 3.05) is 14.2 Å². The van der Waals surface area contributed by atoms with E-state index in [1.165, 1.54) is 7.11 Å². The molecule has 6 heteroatoms. The standard InChI is InChI=1S/C9H7NO5/c1-13-6-3-7(11)15-8(6)5(4-10)9(12)14-2/h3H,1-2H3/b8-5-. The molecule has 0 fully saturated rings. The molecule has 1 rings (SSSR count). The molecule has 0 amide bonds. The van der Waals surface area contributed by atoms with Gasteiger partial charge in [-0.2, -0.15) is 5.26 Å². The first kappa shape index (κ1) is 10.8. The van der Waals surface area contributed by atoms with Gasteiger partial charge in [-0.25, -0.2) is 9.59 Å². The SMILES string of the molecule is COC(=O)/C(C#N)=C1\OC(=O)C=C1OC. The van der Waals surface area contributed by atoms with Crippen molar-refractivity contribution in [2.45, 2.75) is 0 Å². The first-order chi connectivity index (χ1) is 7.13. The van der Waals surface area contributed by atoms with E-state index in [1.54, 1.807) is 6.07 Å². The summed E-state index contributed by atoms with van der Waals surface area (Å²) in [4.78, 5) is 22.0. The Hall–Kier alpha value is -2.29. The minimum atomic E-state index is -0.884. The molecule has 0 radical (unpaired) electrons. The summed E-state index contributed by atoms with van der Waals surface area (Å²) < 4.78 is 13.8. The van der Waals surface area contributed by atoms with Crippen molar-refractivity contribution in [1.29, 1.82) is 5.26 Å². The molecule has 0 unspecified atom stereocenters. The first-order valence-corrected chi connectivity index (χ1v) is 3.84. The lowest BCUT2D eigenvalue weighted by atomic mass is 10.2. The average molecular weight is 209 g/mol. The van der Waals surface area contributed by atoms with E-state index in [4.69, 9.17) is 10.00 Å². The minimum Gasteiger partial charge on any atom is -0.493 e. The molecule has 78 valence electrons. The Morgan fingerprint density at radius 1 is 1.53 bits per heavy atom. The highest BCUT2D eigenvalue weighted by molar-refractivity contribution is 5.97. The van der Waals surface area contributed by atoms with Crippen molar-refractivity contribution in [3.63, 3.8) is 0 Å². The molecular weight excluding hydrogens is 202 g/mol. The van der Waals surface area contributed by atoms with E-state index >= 15 is 0 Å². The van der Waals surface area contributed by atoms with Crippen molar-refractivity contribution in [2.24, 2.45) is 0 Å². The molecule has 6 nitrogen and oxygen atoms in total. The van der Waals surface area contributed by atoms with Gasteiger partial charge in [0.2, 0.25) is 0 Å². The maximum Gasteiger partial charge on any atom is 0.352 e. The predicted octanol–water partition coefficient (Wildman–Crippen LogP) is 0.0242. The molecule has 0 N–H and O–H groups in total. The van der Waals surface area contributed by atoms with E-state index in [0.29, 0.717) is 0 Å². The number of carbonyl (C=O) groups is 2. The number of nitriles is 1. The van der Waals surface area contributed by atoms with E-state index < -0.39 is 17.5 Å². The van der Waals surface area contributed by atoms with Gasteiger partial charge in [-0.15, -0.1) is 0 Å². The normalized spacial score (nSPS) is 17.4. The quantitative estimate of drug-likeness (QED) is 0.362. The van der Waals surface area contributed by atoms with Crippen molar-refractivity contribution in [3.8, 4) is 6.07 Å². The minimum absolute atomic E-state index is 0.0296. The van der Waals surface area contributed by atoms with E-state index in [9.17, 15) is 9.59 Å². The third-order valence-corrected chi connectivity index (χ3v) is 1.62. The Bertz CT molecular complexity index is 413. The summed E-state index contributed by atoms with van der Waals surface area (Å²) in [6, 6.07) is 1.59. The molecule has 0 atom stereocenters. The third-order valence-electron chi connectivity index (χ3n) is 1.62. The number of cyclic esters (lactones) is 1. The van der Waals surface area contributed by atoms with Crippen LogP contribution in [0.3, 0.4) is 0 Å². The highest BCUT2D eigenvalue weighted by atomic mass is 16.6. The zero-order valence-electron chi connectivity index (χ0n) is 8.07. The molecule has 0 aliphatic carbocycles. The summed E-state index contributed by atoms with van der Waals surface area (Å²) in [7, 11) is 2.41. The summed E-state index contributed by atoms with van der Waals surface area (Å²) >= 11 is 0. The maximum atomic E-state index is 11.1. The van der Waals surface area contributed by atoms with Crippen LogP contribution in [0, 0.1) is 11.3 Å². The number of hydrogen-bond donors (Lipinski definition) is 0. The number of hydrogen-bond acceptors (Lipinski definition) is 6. The van der Waals surface area contributed by atoms with Gasteiger partial charge >= 0.3 is 11.9 Å². The van der Waals surface area contributed by atoms with Crippen LogP contribution in [0.25, 0.3) is 0 Å². The lowest BCUT2D eigenvalue weighted by Crippen LogP contribution is -2.08. The van der Waals surface area contributed by atoms with Gasteiger partial charge in [0.05, 0.1) is 20.3 Å². The van der Waals surface area contributed by atoms with Crippen molar-refractivity contribution < 1.29 is 23.8 Å². The van der Waals surface area contributed by atoms with E-state index in [1.807, 2.05) is 0 Å². The number of ether oxygens (including phenoxy) is 3. The van der Waals surface area contributed by atoms with Crippen molar-refractivity contribution in [3.05, 3.63) is 23.2 Å². The second kappa shape index (κ2) is 4.28. The highest BCUT2D eigenvalue weighted by Gasteiger charge is 2.29. The van der Waals surface area contributed by atoms with Crippen LogP contribution in [-0.2, 0) is 23.8 Å². The zero-order chi connectivity index (χ0) is 11.4. The summed E-state index contributed by atoms with van der Waals surface area (Å²) in [5.41, 5.74) is -0.406. The number of esters is 2. The first-order valence-electron chi connectivity index (χ1n) is 3.84. The Morgan fingerprint density at radius 3 is 2.67 bits per heavy atom. The zero-order valence-corrected chi connectivity index (χ0v) is 8.07. The number of rotatable bonds is 2. The van der Waals surface area contributed by atoms with Crippen LogP contribution in [0.2, 0.25) is 0 Å². The molecule has 0 saturated heterocycles. The summed E-state index contributed by atoms with van der Waals surface area (Å²) in [6.07, 6.45) is 1.04. The molecule has 0 saturated carbocycles. The van der Waals surface area contributed by atoms with E-state index in [2.05, 4.69) is 9.47 Å². The monoisotopic (exact) mass is 209 g/mol. The number of carbonyl (C=O) groups excluding carboxylic acids is 2. The Labute approximate surface area is 85.3 Å². The average Bonchev–Trinajstić information content (AvgIpc) is 2.60. The van der Waals surface area contributed by atoms with Crippen LogP contribution in [0.5, 0.6) is 0 Å². The maximum absolute atomic E-state index is 11.1. The topological polar surface area (TPSA) is 85.6 Å². The Kier molecular flexibility index (Phi) is 3.08. The third kappa shape index (κ3) is 1.96. The van der Waals surface area contributed by atoms with Gasteiger partial charge in [0, 0.05) is 0 Å². The van der Waals surface area contributed by atoms with E-state index in [0.717, 1.165) is 13.2 Å². The van der Waals surface area contributed by atoms with E-state index in [-0.39, 0.29) is 11.5 Å². The van der Waals surface area contributed by atoms with Crippen LogP contribution in [-0.4, -0.2) is 26.2 Å². The highest BCUT2D eigenvalue weighted by Crippen LogP contribution is 2.23. The molecule has 0 aromatic heterocycles. The van der Waals surface area contributed by atoms with Gasteiger partial charge in [-0.05, 0) is 0 Å². The predicted molar refractivity (Wildman–Crippen MR) is 45.8 cm³/mol. The summed E-state index contributed by atoms with van der Waals surface area (Å²) in [5.74, 6) is -1.76. The largest absolute Gasteiger partial charge is 0.493 e. The molecule has 1 heterocycles. The van der Waals surface area contributed by atoms with Crippen molar-refractivity contribution >= 4 is 11.9 Å². The van der Waals surface area contributed by atoms with Gasteiger partial charge in [0.25, 0.3) is 0 Å². The van der Waals surface area contributed by atoms with Gasteiger partial charge in [0.1, 0.15) is 6.07 Å². The van der Waals surface area contributed by atoms with Crippen LogP contribution in [0.4, 0.5) is 0 Å². The molecule has 1 aliphatic heterocycles. The Balaban J connectivity index is 3.20. The number of nitrogens with zero attached hydrogens (tertiary/aromatic N) is 1. The van der Waals surface area contributed by atoms with Crippen LogP contribution >= 0.6 is 0 Å². The summed E-state index contributed by atoms with van der Waals surface area (Å²) in [6.45, 7) is 0. The molecule has 0 aromatic rings. The van der Waals surface area contributed by atoms with Gasteiger partial charge in [-0.3, -0.25) is 0 Å². The van der Waals surface area contributed by atoms with Crippen LogP contribution in [0.1, 0.15) is 0 Å². The van der Waals surface area contributed by atoms with Gasteiger partial charge in [0.15, 0.2) is 17.1 Å². The van der Waals surface area contributed by atoms with Gasteiger partial charge < -0.3 is 14.2 Å². The molecule has 0 spiro atoms. The number of methoxy groups -OCH3 is 2. The second-order valence-corrected chi connectivity index (χ2v) is 2.44. The van der Waals surface area contributed by atoms with Crippen LogP contribution in [0.15, 0.2) is 23.2 Å². The fourth-order valence-corrected chi connectivity index (χ4v) is 0.970. The second-order valence-electron chi connectivity index (χ2n) is 2.44. The molecular formula is C9H7NO5. The summed E-state index contributed by atoms with van der Waals surface area (Å²) in [5, 5.41) is 8.70. The molecule has 0 aromatic carbocycles. The van der Waals surface area contributed by atoms with Crippen LogP contribution < -0.4 is 0 Å². The molecule has 1 aliphatic rings. The van der Waals surface area contributed by atoms with Gasteiger partial charge in [-0.1, -0.05) is 0 Å².